The van der Waals surface area contributed by atoms with Gasteiger partial charge in [0.25, 0.3) is 0 Å². The number of nitrogens with two attached hydrogens (primary N) is 1. The van der Waals surface area contributed by atoms with E-state index in [1.165, 1.54) is 44.9 Å². The van der Waals surface area contributed by atoms with Gasteiger partial charge < -0.3 is 10.8 Å². The number of carbonyl (C=O) groups excluding carboxylic acids is 1. The number of amides is 1. The number of aliphatic hydroxyl groups excluding tert-OH is 1. The highest BCUT2D eigenvalue weighted by atomic mass is 16.3. The summed E-state index contributed by atoms with van der Waals surface area (Å²) in [6.45, 7) is 7.64. The second-order valence-corrected chi connectivity index (χ2v) is 11.6. The summed E-state index contributed by atoms with van der Waals surface area (Å²) in [5, 5.41) is 10.2. The quantitative estimate of drug-likeness (QED) is 0.670. The number of aliphatic hydroxyl groups is 1. The molecule has 0 aromatic heterocycles. The third-order valence-electron chi connectivity index (χ3n) is 10.5. The van der Waals surface area contributed by atoms with E-state index in [-0.39, 0.29) is 12.0 Å². The molecule has 4 aliphatic rings. The van der Waals surface area contributed by atoms with Gasteiger partial charge in [-0.15, -0.1) is 0 Å². The SMILES string of the molecule is CC(CCCC(N)=O)C1CCC2C3CCC4CC(O)CCC4(C)C3CCC12C. The summed E-state index contributed by atoms with van der Waals surface area (Å²) in [7, 11) is 0. The lowest BCUT2D eigenvalue weighted by Gasteiger charge is -2.61. The molecule has 28 heavy (non-hydrogen) atoms. The van der Waals surface area contributed by atoms with Crippen LogP contribution in [0.3, 0.4) is 0 Å². The Morgan fingerprint density at radius 3 is 2.50 bits per heavy atom. The molecule has 4 rings (SSSR count). The van der Waals surface area contributed by atoms with Crippen LogP contribution in [0.25, 0.3) is 0 Å². The average molecular weight is 390 g/mol. The van der Waals surface area contributed by atoms with Crippen molar-refractivity contribution in [2.75, 3.05) is 0 Å². The molecule has 9 unspecified atom stereocenters. The van der Waals surface area contributed by atoms with Crippen molar-refractivity contribution < 1.29 is 9.90 Å². The monoisotopic (exact) mass is 389 g/mol. The molecule has 0 spiro atoms. The van der Waals surface area contributed by atoms with Crippen molar-refractivity contribution in [2.24, 2.45) is 52.1 Å². The van der Waals surface area contributed by atoms with Gasteiger partial charge in [0.05, 0.1) is 6.10 Å². The van der Waals surface area contributed by atoms with E-state index in [1.54, 1.807) is 0 Å². The fourth-order valence-corrected chi connectivity index (χ4v) is 9.01. The van der Waals surface area contributed by atoms with Crippen molar-refractivity contribution in [3.05, 3.63) is 0 Å². The maximum absolute atomic E-state index is 11.1. The Kier molecular flexibility index (Phi) is 5.61. The Morgan fingerprint density at radius 1 is 1.04 bits per heavy atom. The van der Waals surface area contributed by atoms with Crippen LogP contribution in [0.1, 0.15) is 97.8 Å². The lowest BCUT2D eigenvalue weighted by Crippen LogP contribution is -2.54. The minimum Gasteiger partial charge on any atom is -0.393 e. The molecule has 4 fully saturated rings. The van der Waals surface area contributed by atoms with Crippen molar-refractivity contribution in [3.63, 3.8) is 0 Å². The average Bonchev–Trinajstić information content (AvgIpc) is 2.99. The van der Waals surface area contributed by atoms with Gasteiger partial charge in [-0.05, 0) is 117 Å². The normalized spacial score (nSPS) is 49.0. The highest BCUT2D eigenvalue weighted by Gasteiger charge is 2.60. The molecule has 0 saturated heterocycles. The molecule has 0 bridgehead atoms. The van der Waals surface area contributed by atoms with E-state index in [9.17, 15) is 9.90 Å². The maximum atomic E-state index is 11.1. The molecular weight excluding hydrogens is 346 g/mol. The highest BCUT2D eigenvalue weighted by Crippen LogP contribution is 2.68. The summed E-state index contributed by atoms with van der Waals surface area (Å²) in [6.07, 6.45) is 14.3. The third kappa shape index (κ3) is 3.34. The summed E-state index contributed by atoms with van der Waals surface area (Å²) in [5.74, 6) is 4.85. The lowest BCUT2D eigenvalue weighted by atomic mass is 9.44. The van der Waals surface area contributed by atoms with E-state index in [4.69, 9.17) is 5.73 Å². The molecule has 3 N–H and O–H groups in total. The maximum Gasteiger partial charge on any atom is 0.217 e. The lowest BCUT2D eigenvalue weighted by molar-refractivity contribution is -0.129. The molecule has 0 aliphatic heterocycles. The molecular formula is C25H43NO2. The van der Waals surface area contributed by atoms with Gasteiger partial charge in [-0.3, -0.25) is 4.79 Å². The predicted octanol–water partition coefficient (Wildman–Crippen LogP) is 5.30. The zero-order valence-corrected chi connectivity index (χ0v) is 18.5. The Labute approximate surface area is 172 Å². The minimum atomic E-state index is -0.147. The fourth-order valence-electron chi connectivity index (χ4n) is 9.01. The molecule has 0 radical (unpaired) electrons. The first-order valence-electron chi connectivity index (χ1n) is 12.2. The van der Waals surface area contributed by atoms with Crippen LogP contribution in [0.15, 0.2) is 0 Å². The Hall–Kier alpha value is -0.570. The van der Waals surface area contributed by atoms with Crippen molar-refractivity contribution in [1.82, 2.24) is 0 Å². The van der Waals surface area contributed by atoms with Gasteiger partial charge in [-0.1, -0.05) is 20.8 Å². The van der Waals surface area contributed by atoms with E-state index in [2.05, 4.69) is 20.8 Å². The zero-order valence-electron chi connectivity index (χ0n) is 18.5. The van der Waals surface area contributed by atoms with Gasteiger partial charge in [0.15, 0.2) is 0 Å². The zero-order chi connectivity index (χ0) is 20.1. The number of hydrogen-bond acceptors (Lipinski definition) is 2. The Bertz CT molecular complexity index is 591. The highest BCUT2D eigenvalue weighted by molar-refractivity contribution is 5.73. The molecule has 1 amide bonds. The first-order valence-corrected chi connectivity index (χ1v) is 12.2. The molecule has 3 nitrogen and oxygen atoms in total. The molecule has 0 aromatic rings. The molecule has 4 saturated carbocycles. The Balaban J connectivity index is 1.47. The van der Waals surface area contributed by atoms with Gasteiger partial charge in [-0.25, -0.2) is 0 Å². The number of primary amides is 1. The van der Waals surface area contributed by atoms with E-state index in [1.807, 2.05) is 0 Å². The topological polar surface area (TPSA) is 63.3 Å². The molecule has 9 atom stereocenters. The standard InChI is InChI=1S/C25H43NO2/c1-16(5-4-6-23(26)28)20-9-10-21-19-8-7-17-15-18(27)11-13-24(17,2)22(19)12-14-25(20,21)3/h16-22,27H,4-15H2,1-3H3,(H2,26,28). The van der Waals surface area contributed by atoms with E-state index in [0.29, 0.717) is 23.2 Å². The number of fused-ring (bicyclic) bond motifs is 5. The predicted molar refractivity (Wildman–Crippen MR) is 113 cm³/mol. The second-order valence-electron chi connectivity index (χ2n) is 11.6. The minimum absolute atomic E-state index is 0.0411. The molecule has 3 heteroatoms. The van der Waals surface area contributed by atoms with Gasteiger partial charge >= 0.3 is 0 Å². The number of rotatable bonds is 5. The van der Waals surface area contributed by atoms with Gasteiger partial charge in [-0.2, -0.15) is 0 Å². The fraction of sp³-hybridized carbons (Fsp3) is 0.960. The van der Waals surface area contributed by atoms with Crippen LogP contribution in [-0.2, 0) is 4.79 Å². The van der Waals surface area contributed by atoms with Crippen LogP contribution >= 0.6 is 0 Å². The van der Waals surface area contributed by atoms with Crippen LogP contribution < -0.4 is 5.73 Å². The van der Waals surface area contributed by atoms with Crippen molar-refractivity contribution in [3.8, 4) is 0 Å². The van der Waals surface area contributed by atoms with Gasteiger partial charge in [0.2, 0.25) is 5.91 Å². The van der Waals surface area contributed by atoms with Crippen LogP contribution in [0.4, 0.5) is 0 Å². The largest absolute Gasteiger partial charge is 0.393 e. The first kappa shape index (κ1) is 20.7. The molecule has 0 aromatic carbocycles. The van der Waals surface area contributed by atoms with Gasteiger partial charge in [0, 0.05) is 6.42 Å². The van der Waals surface area contributed by atoms with E-state index >= 15 is 0 Å². The summed E-state index contributed by atoms with van der Waals surface area (Å²) in [4.78, 5) is 11.1. The summed E-state index contributed by atoms with van der Waals surface area (Å²) in [6, 6.07) is 0. The van der Waals surface area contributed by atoms with Crippen molar-refractivity contribution in [2.45, 2.75) is 104 Å². The van der Waals surface area contributed by atoms with E-state index in [0.717, 1.165) is 55.3 Å². The number of carbonyl (C=O) groups is 1. The van der Waals surface area contributed by atoms with Crippen molar-refractivity contribution in [1.29, 1.82) is 0 Å². The molecule has 0 heterocycles. The second kappa shape index (κ2) is 7.60. The van der Waals surface area contributed by atoms with E-state index < -0.39 is 0 Å². The summed E-state index contributed by atoms with van der Waals surface area (Å²) in [5.41, 5.74) is 6.34. The summed E-state index contributed by atoms with van der Waals surface area (Å²) >= 11 is 0. The van der Waals surface area contributed by atoms with Gasteiger partial charge in [0.1, 0.15) is 0 Å². The smallest absolute Gasteiger partial charge is 0.217 e. The van der Waals surface area contributed by atoms with Crippen molar-refractivity contribution >= 4 is 5.91 Å². The van der Waals surface area contributed by atoms with Crippen LogP contribution in [0, 0.1) is 46.3 Å². The van der Waals surface area contributed by atoms with Crippen LogP contribution in [0.5, 0.6) is 0 Å². The molecule has 4 aliphatic carbocycles. The summed E-state index contributed by atoms with van der Waals surface area (Å²) < 4.78 is 0. The molecule has 160 valence electrons. The Morgan fingerprint density at radius 2 is 1.75 bits per heavy atom. The third-order valence-corrected chi connectivity index (χ3v) is 10.5. The first-order chi connectivity index (χ1) is 13.3. The van der Waals surface area contributed by atoms with Crippen LogP contribution in [-0.4, -0.2) is 17.1 Å². The van der Waals surface area contributed by atoms with Crippen LogP contribution in [0.2, 0.25) is 0 Å². The number of hydrogen-bond donors (Lipinski definition) is 2.